The summed E-state index contributed by atoms with van der Waals surface area (Å²) >= 11 is 0. The molecule has 0 aromatic rings. The van der Waals surface area contributed by atoms with E-state index >= 15 is 0 Å². The van der Waals surface area contributed by atoms with Crippen molar-refractivity contribution in [2.24, 2.45) is 0 Å². The smallest absolute Gasteiger partial charge is 0.306 e. The van der Waals surface area contributed by atoms with Crippen LogP contribution >= 0.6 is 0 Å². The van der Waals surface area contributed by atoms with Crippen LogP contribution in [0.2, 0.25) is 0 Å². The second kappa shape index (κ2) is 67.9. The average Bonchev–Trinajstić information content (AvgIpc) is 3.45. The number of carbonyl (C=O) groups is 3. The third kappa shape index (κ3) is 66.1. The van der Waals surface area contributed by atoms with E-state index in [2.05, 4.69) is 69.4 Å². The lowest BCUT2D eigenvalue weighted by Gasteiger charge is -2.18. The summed E-state index contributed by atoms with van der Waals surface area (Å²) in [4.78, 5) is 38.3. The Morgan fingerprint density at radius 3 is 0.772 bits per heavy atom. The van der Waals surface area contributed by atoms with Gasteiger partial charge in [-0.25, -0.2) is 0 Å². The van der Waals surface area contributed by atoms with E-state index in [0.717, 1.165) is 83.5 Å². The van der Waals surface area contributed by atoms with Gasteiger partial charge in [0.05, 0.1) is 0 Å². The highest BCUT2D eigenvalue weighted by Crippen LogP contribution is 2.19. The Bertz CT molecular complexity index is 1360. The van der Waals surface area contributed by atoms with Crippen LogP contribution < -0.4 is 0 Å². The minimum atomic E-state index is -0.772. The summed E-state index contributed by atoms with van der Waals surface area (Å²) < 4.78 is 16.9. The van der Waals surface area contributed by atoms with Crippen molar-refractivity contribution in [2.75, 3.05) is 13.2 Å². The van der Waals surface area contributed by atoms with Gasteiger partial charge in [-0.3, -0.25) is 14.4 Å². The average molecular weight is 1110 g/mol. The van der Waals surface area contributed by atoms with Gasteiger partial charge in [0.1, 0.15) is 13.2 Å². The fourth-order valence-electron chi connectivity index (χ4n) is 10.6. The minimum absolute atomic E-state index is 0.0696. The Kier molecular flexibility index (Phi) is 65.6. The van der Waals surface area contributed by atoms with Crippen LogP contribution in [0.25, 0.3) is 0 Å². The molecule has 0 rings (SSSR count). The highest BCUT2D eigenvalue weighted by Gasteiger charge is 2.19. The Morgan fingerprint density at radius 2 is 0.494 bits per heavy atom. The van der Waals surface area contributed by atoms with Gasteiger partial charge in [0.2, 0.25) is 0 Å². The first-order valence-corrected chi connectivity index (χ1v) is 35.1. The zero-order valence-corrected chi connectivity index (χ0v) is 53.2. The van der Waals surface area contributed by atoms with Crippen molar-refractivity contribution in [1.29, 1.82) is 0 Å². The number of unbranched alkanes of at least 4 members (excludes halogenated alkanes) is 46. The van der Waals surface area contributed by atoms with Crippen LogP contribution in [0.5, 0.6) is 0 Å². The molecule has 0 radical (unpaired) electrons. The van der Waals surface area contributed by atoms with Crippen molar-refractivity contribution in [2.45, 2.75) is 386 Å². The number of carbonyl (C=O) groups excluding carboxylic acids is 3. The summed E-state index contributed by atoms with van der Waals surface area (Å²) in [5.41, 5.74) is 0. The zero-order chi connectivity index (χ0) is 57.1. The van der Waals surface area contributed by atoms with E-state index in [1.165, 1.54) is 257 Å². The quantitative estimate of drug-likeness (QED) is 0.0261. The number of esters is 3. The lowest BCUT2D eigenvalue weighted by Crippen LogP contribution is -2.30. The van der Waals surface area contributed by atoms with Gasteiger partial charge in [0.15, 0.2) is 6.10 Å². The largest absolute Gasteiger partial charge is 0.462 e. The van der Waals surface area contributed by atoms with Gasteiger partial charge in [0.25, 0.3) is 0 Å². The van der Waals surface area contributed by atoms with Crippen LogP contribution in [0.15, 0.2) is 48.6 Å². The second-order valence-corrected chi connectivity index (χ2v) is 23.8. The van der Waals surface area contributed by atoms with Crippen LogP contribution in [-0.2, 0) is 28.6 Å². The summed E-state index contributed by atoms with van der Waals surface area (Å²) in [5, 5.41) is 0. The van der Waals surface area contributed by atoms with Crippen molar-refractivity contribution in [3.8, 4) is 0 Å². The van der Waals surface area contributed by atoms with E-state index < -0.39 is 6.10 Å². The zero-order valence-electron chi connectivity index (χ0n) is 53.2. The fraction of sp³-hybridized carbons (Fsp3) is 0.849. The molecule has 0 aromatic heterocycles. The van der Waals surface area contributed by atoms with Crippen LogP contribution in [0.4, 0.5) is 0 Å². The number of rotatable bonds is 65. The molecule has 0 bridgehead atoms. The first kappa shape index (κ1) is 76.4. The summed E-state index contributed by atoms with van der Waals surface area (Å²) in [5.74, 6) is -0.852. The summed E-state index contributed by atoms with van der Waals surface area (Å²) in [6.45, 7) is 6.57. The van der Waals surface area contributed by atoms with Gasteiger partial charge in [-0.05, 0) is 57.8 Å². The van der Waals surface area contributed by atoms with Crippen LogP contribution in [0.3, 0.4) is 0 Å². The molecular weight excluding hydrogens is 973 g/mol. The SMILES string of the molecule is CC/C=C\C/C=C\C/C=C\C/C=C\CCCCCCCCCCCCC(=O)OC(COC(=O)CCCCCCCCCCC)COC(=O)CCCCCCCCCCCCCCCCCCCCCCCCCCCCCCC. The molecular formula is C73H134O6. The van der Waals surface area contributed by atoms with Crippen LogP contribution in [0.1, 0.15) is 380 Å². The Labute approximate surface area is 492 Å². The third-order valence-electron chi connectivity index (χ3n) is 15.8. The van der Waals surface area contributed by atoms with Gasteiger partial charge in [-0.1, -0.05) is 352 Å². The fourth-order valence-corrected chi connectivity index (χ4v) is 10.6. The number of allylic oxidation sites excluding steroid dienone is 8. The van der Waals surface area contributed by atoms with E-state index in [-0.39, 0.29) is 31.1 Å². The van der Waals surface area contributed by atoms with Gasteiger partial charge >= 0.3 is 17.9 Å². The molecule has 1 atom stereocenters. The third-order valence-corrected chi connectivity index (χ3v) is 15.8. The molecule has 0 aliphatic rings. The van der Waals surface area contributed by atoms with E-state index in [1.807, 2.05) is 0 Å². The van der Waals surface area contributed by atoms with E-state index in [4.69, 9.17) is 14.2 Å². The molecule has 0 amide bonds. The number of hydrogen-bond donors (Lipinski definition) is 0. The maximum Gasteiger partial charge on any atom is 0.306 e. The standard InChI is InChI=1S/C73H134O6/c1-4-7-10-13-16-19-21-23-25-27-29-31-33-34-35-36-37-38-40-41-43-45-47-49-51-54-57-60-63-66-72(75)78-69-70(68-77-71(74)65-62-59-56-53-18-15-12-9-6-3)79-73(76)67-64-61-58-55-52-50-48-46-44-42-39-32-30-28-26-24-22-20-17-14-11-8-5-2/h8,11,17,20,24,26,30,32,70H,4-7,9-10,12-16,18-19,21-23,25,27-29,31,33-69H2,1-3H3/b11-8-,20-17-,26-24-,32-30-. The Morgan fingerprint density at radius 1 is 0.266 bits per heavy atom. The van der Waals surface area contributed by atoms with Crippen molar-refractivity contribution >= 4 is 17.9 Å². The first-order chi connectivity index (χ1) is 39.0. The molecule has 6 heteroatoms. The monoisotopic (exact) mass is 1110 g/mol. The van der Waals surface area contributed by atoms with Crippen LogP contribution in [-0.4, -0.2) is 37.2 Å². The summed E-state index contributed by atoms with van der Waals surface area (Å²) in [6, 6.07) is 0. The first-order valence-electron chi connectivity index (χ1n) is 35.1. The molecule has 0 saturated carbocycles. The maximum atomic E-state index is 12.9. The molecule has 0 N–H and O–H groups in total. The molecule has 6 nitrogen and oxygen atoms in total. The predicted molar refractivity (Wildman–Crippen MR) is 344 cm³/mol. The lowest BCUT2D eigenvalue weighted by molar-refractivity contribution is -0.167. The summed E-state index contributed by atoms with van der Waals surface area (Å²) in [6.07, 6.45) is 85.9. The van der Waals surface area contributed by atoms with E-state index in [0.29, 0.717) is 19.3 Å². The van der Waals surface area contributed by atoms with Gasteiger partial charge in [-0.15, -0.1) is 0 Å². The molecule has 1 unspecified atom stereocenters. The lowest BCUT2D eigenvalue weighted by atomic mass is 10.0. The van der Waals surface area contributed by atoms with Gasteiger partial charge < -0.3 is 14.2 Å². The second-order valence-electron chi connectivity index (χ2n) is 23.8. The Balaban J connectivity index is 4.10. The maximum absolute atomic E-state index is 12.9. The molecule has 0 fully saturated rings. The highest BCUT2D eigenvalue weighted by molar-refractivity contribution is 5.71. The molecule has 0 saturated heterocycles. The molecule has 0 heterocycles. The molecule has 79 heavy (non-hydrogen) atoms. The molecule has 0 aliphatic heterocycles. The van der Waals surface area contributed by atoms with Crippen molar-refractivity contribution < 1.29 is 28.6 Å². The van der Waals surface area contributed by atoms with Crippen molar-refractivity contribution in [3.63, 3.8) is 0 Å². The van der Waals surface area contributed by atoms with Crippen molar-refractivity contribution in [1.82, 2.24) is 0 Å². The van der Waals surface area contributed by atoms with E-state index in [1.54, 1.807) is 0 Å². The highest BCUT2D eigenvalue weighted by atomic mass is 16.6. The molecule has 0 aromatic carbocycles. The molecule has 462 valence electrons. The Hall–Kier alpha value is -2.63. The van der Waals surface area contributed by atoms with Gasteiger partial charge in [0, 0.05) is 19.3 Å². The summed E-state index contributed by atoms with van der Waals surface area (Å²) in [7, 11) is 0. The number of ether oxygens (including phenoxy) is 3. The number of hydrogen-bond acceptors (Lipinski definition) is 6. The normalized spacial score (nSPS) is 12.3. The predicted octanol–water partition coefficient (Wildman–Crippen LogP) is 24.1. The van der Waals surface area contributed by atoms with Crippen LogP contribution in [0, 0.1) is 0 Å². The topological polar surface area (TPSA) is 78.9 Å². The van der Waals surface area contributed by atoms with E-state index in [9.17, 15) is 14.4 Å². The molecule has 0 spiro atoms. The molecule has 0 aliphatic carbocycles. The minimum Gasteiger partial charge on any atom is -0.462 e. The van der Waals surface area contributed by atoms with Gasteiger partial charge in [-0.2, -0.15) is 0 Å². The van der Waals surface area contributed by atoms with Crippen molar-refractivity contribution in [3.05, 3.63) is 48.6 Å².